The number of carbonyl (C=O) groups is 1. The first-order valence-corrected chi connectivity index (χ1v) is 8.40. The zero-order chi connectivity index (χ0) is 18.1. The van der Waals surface area contributed by atoms with Gasteiger partial charge in [0.25, 0.3) is 5.91 Å². The van der Waals surface area contributed by atoms with E-state index in [2.05, 4.69) is 15.4 Å². The Morgan fingerprint density at radius 2 is 1.73 bits per heavy atom. The van der Waals surface area contributed by atoms with Gasteiger partial charge in [0.05, 0.1) is 23.3 Å². The lowest BCUT2D eigenvalue weighted by molar-refractivity contribution is 0.102. The van der Waals surface area contributed by atoms with Gasteiger partial charge in [0, 0.05) is 10.9 Å². The Morgan fingerprint density at radius 1 is 1.00 bits per heavy atom. The second-order valence-corrected chi connectivity index (χ2v) is 6.25. The molecule has 0 aliphatic rings. The molecule has 2 aromatic carbocycles. The van der Waals surface area contributed by atoms with E-state index in [1.54, 1.807) is 6.20 Å². The van der Waals surface area contributed by atoms with Crippen LogP contribution in [0.1, 0.15) is 21.6 Å². The molecule has 0 fully saturated rings. The Morgan fingerprint density at radius 3 is 2.46 bits per heavy atom. The quantitative estimate of drug-likeness (QED) is 0.604. The van der Waals surface area contributed by atoms with Crippen molar-refractivity contribution in [1.82, 2.24) is 14.8 Å². The van der Waals surface area contributed by atoms with Crippen molar-refractivity contribution in [3.05, 3.63) is 83.7 Å². The maximum atomic E-state index is 12.4. The van der Waals surface area contributed by atoms with E-state index in [-0.39, 0.29) is 5.91 Å². The van der Waals surface area contributed by atoms with Gasteiger partial charge in [-0.05, 0) is 44.2 Å². The summed E-state index contributed by atoms with van der Waals surface area (Å²) in [6.07, 6.45) is 1.66. The van der Waals surface area contributed by atoms with Crippen molar-refractivity contribution in [2.24, 2.45) is 0 Å². The second kappa shape index (κ2) is 6.44. The first-order chi connectivity index (χ1) is 12.6. The van der Waals surface area contributed by atoms with Crippen molar-refractivity contribution in [1.29, 1.82) is 0 Å². The molecule has 1 N–H and O–H groups in total. The summed E-state index contributed by atoms with van der Waals surface area (Å²) >= 11 is 0. The van der Waals surface area contributed by atoms with Gasteiger partial charge in [-0.15, -0.1) is 0 Å². The third-order valence-electron chi connectivity index (χ3n) is 4.28. The number of benzene rings is 2. The monoisotopic (exact) mass is 342 g/mol. The average Bonchev–Trinajstić information content (AvgIpc) is 2.99. The third-order valence-corrected chi connectivity index (χ3v) is 4.28. The van der Waals surface area contributed by atoms with Crippen LogP contribution in [0.2, 0.25) is 0 Å². The highest BCUT2D eigenvalue weighted by molar-refractivity contribution is 6.04. The zero-order valence-electron chi connectivity index (χ0n) is 14.6. The SMILES string of the molecule is Cc1ccc(C(=O)Nc2cnc3c(c2)c(C)nn3-c2ccccc2)cc1. The number of hydrogen-bond donors (Lipinski definition) is 1. The zero-order valence-corrected chi connectivity index (χ0v) is 14.6. The van der Waals surface area contributed by atoms with Crippen LogP contribution in [0.5, 0.6) is 0 Å². The third kappa shape index (κ3) is 2.95. The Hall–Kier alpha value is -3.47. The van der Waals surface area contributed by atoms with E-state index in [1.807, 2.05) is 79.2 Å². The molecule has 0 bridgehead atoms. The molecule has 5 nitrogen and oxygen atoms in total. The molecule has 0 unspecified atom stereocenters. The fourth-order valence-corrected chi connectivity index (χ4v) is 2.87. The number of anilines is 1. The first kappa shape index (κ1) is 16.0. The molecule has 0 spiro atoms. The number of pyridine rings is 1. The number of aromatic nitrogens is 3. The van der Waals surface area contributed by atoms with Gasteiger partial charge in [-0.25, -0.2) is 9.67 Å². The molecular formula is C21H18N4O. The number of aryl methyl sites for hydroxylation is 2. The smallest absolute Gasteiger partial charge is 0.255 e. The minimum Gasteiger partial charge on any atom is -0.321 e. The van der Waals surface area contributed by atoms with E-state index in [0.29, 0.717) is 11.3 Å². The summed E-state index contributed by atoms with van der Waals surface area (Å²) in [6, 6.07) is 19.3. The number of amides is 1. The summed E-state index contributed by atoms with van der Waals surface area (Å²) < 4.78 is 1.82. The number of nitrogens with zero attached hydrogens (tertiary/aromatic N) is 3. The van der Waals surface area contributed by atoms with Crippen LogP contribution in [-0.2, 0) is 0 Å². The fraction of sp³-hybridized carbons (Fsp3) is 0.0952. The number of para-hydroxylation sites is 1. The summed E-state index contributed by atoms with van der Waals surface area (Å²) in [4.78, 5) is 16.9. The van der Waals surface area contributed by atoms with E-state index in [0.717, 1.165) is 28.0 Å². The minimum absolute atomic E-state index is 0.153. The van der Waals surface area contributed by atoms with Crippen LogP contribution in [0, 0.1) is 13.8 Å². The highest BCUT2D eigenvalue weighted by atomic mass is 16.1. The van der Waals surface area contributed by atoms with Crippen LogP contribution in [0.3, 0.4) is 0 Å². The summed E-state index contributed by atoms with van der Waals surface area (Å²) in [5, 5.41) is 8.41. The standard InChI is InChI=1S/C21H18N4O/c1-14-8-10-16(11-9-14)21(26)23-17-12-19-15(2)24-25(20(19)22-13-17)18-6-4-3-5-7-18/h3-13H,1-2H3,(H,23,26). The summed E-state index contributed by atoms with van der Waals surface area (Å²) in [5.41, 5.74) is 4.97. The number of hydrogen-bond acceptors (Lipinski definition) is 3. The average molecular weight is 342 g/mol. The van der Waals surface area contributed by atoms with Gasteiger partial charge in [0.15, 0.2) is 5.65 Å². The highest BCUT2D eigenvalue weighted by Gasteiger charge is 2.12. The topological polar surface area (TPSA) is 59.8 Å². The molecule has 2 heterocycles. The summed E-state index contributed by atoms with van der Waals surface area (Å²) in [6.45, 7) is 3.93. The number of carbonyl (C=O) groups excluding carboxylic acids is 1. The molecule has 1 amide bonds. The van der Waals surface area contributed by atoms with Crippen LogP contribution in [-0.4, -0.2) is 20.7 Å². The lowest BCUT2D eigenvalue weighted by Gasteiger charge is -2.06. The van der Waals surface area contributed by atoms with E-state index in [1.165, 1.54) is 0 Å². The lowest BCUT2D eigenvalue weighted by Crippen LogP contribution is -2.12. The predicted molar refractivity (Wildman–Crippen MR) is 103 cm³/mol. The summed E-state index contributed by atoms with van der Waals surface area (Å²) in [5.74, 6) is -0.153. The molecule has 5 heteroatoms. The number of rotatable bonds is 3. The largest absolute Gasteiger partial charge is 0.321 e. The Labute approximate surface area is 151 Å². The van der Waals surface area contributed by atoms with Gasteiger partial charge in [-0.2, -0.15) is 5.10 Å². The molecule has 0 aliphatic carbocycles. The van der Waals surface area contributed by atoms with Gasteiger partial charge in [-0.1, -0.05) is 35.9 Å². The molecule has 0 saturated carbocycles. The lowest BCUT2D eigenvalue weighted by atomic mass is 10.1. The van der Waals surface area contributed by atoms with Crippen LogP contribution < -0.4 is 5.32 Å². The molecule has 4 aromatic rings. The normalized spacial score (nSPS) is 10.8. The fourth-order valence-electron chi connectivity index (χ4n) is 2.87. The Balaban J connectivity index is 1.67. The maximum Gasteiger partial charge on any atom is 0.255 e. The van der Waals surface area contributed by atoms with Gasteiger partial charge in [-0.3, -0.25) is 4.79 Å². The van der Waals surface area contributed by atoms with Crippen molar-refractivity contribution in [2.75, 3.05) is 5.32 Å². The first-order valence-electron chi connectivity index (χ1n) is 8.40. The molecule has 0 atom stereocenters. The molecule has 4 rings (SSSR count). The van der Waals surface area contributed by atoms with E-state index in [4.69, 9.17) is 0 Å². The van der Waals surface area contributed by atoms with E-state index >= 15 is 0 Å². The van der Waals surface area contributed by atoms with Gasteiger partial charge in [0.1, 0.15) is 0 Å². The highest BCUT2D eigenvalue weighted by Crippen LogP contribution is 2.23. The molecule has 2 aromatic heterocycles. The van der Waals surface area contributed by atoms with Crippen LogP contribution in [0.25, 0.3) is 16.7 Å². The number of nitrogens with one attached hydrogen (secondary N) is 1. The van der Waals surface area contributed by atoms with E-state index < -0.39 is 0 Å². The molecule has 26 heavy (non-hydrogen) atoms. The van der Waals surface area contributed by atoms with Crippen molar-refractivity contribution in [2.45, 2.75) is 13.8 Å². The number of fused-ring (bicyclic) bond motifs is 1. The van der Waals surface area contributed by atoms with Crippen LogP contribution in [0.4, 0.5) is 5.69 Å². The molecular weight excluding hydrogens is 324 g/mol. The van der Waals surface area contributed by atoms with Gasteiger partial charge in [0.2, 0.25) is 0 Å². The molecule has 0 radical (unpaired) electrons. The van der Waals surface area contributed by atoms with Crippen molar-refractivity contribution in [3.63, 3.8) is 0 Å². The Kier molecular flexibility index (Phi) is 3.97. The van der Waals surface area contributed by atoms with Crippen molar-refractivity contribution in [3.8, 4) is 5.69 Å². The van der Waals surface area contributed by atoms with E-state index in [9.17, 15) is 4.79 Å². The predicted octanol–water partition coefficient (Wildman–Crippen LogP) is 4.29. The second-order valence-electron chi connectivity index (χ2n) is 6.25. The van der Waals surface area contributed by atoms with Gasteiger partial charge >= 0.3 is 0 Å². The maximum absolute atomic E-state index is 12.4. The van der Waals surface area contributed by atoms with Crippen LogP contribution >= 0.6 is 0 Å². The van der Waals surface area contributed by atoms with Crippen LogP contribution in [0.15, 0.2) is 66.9 Å². The van der Waals surface area contributed by atoms with Gasteiger partial charge < -0.3 is 5.32 Å². The molecule has 128 valence electrons. The summed E-state index contributed by atoms with van der Waals surface area (Å²) in [7, 11) is 0. The van der Waals surface area contributed by atoms with Crippen molar-refractivity contribution < 1.29 is 4.79 Å². The molecule has 0 saturated heterocycles. The minimum atomic E-state index is -0.153. The Bertz CT molecular complexity index is 1080. The molecule has 0 aliphatic heterocycles. The van der Waals surface area contributed by atoms with Crippen molar-refractivity contribution >= 4 is 22.6 Å².